The summed E-state index contributed by atoms with van der Waals surface area (Å²) in [5.74, 6) is -17.2. The molecule has 44 heavy (non-hydrogen) atoms. The number of aliphatic hydroxyl groups is 1. The number of phenols is 1. The summed E-state index contributed by atoms with van der Waals surface area (Å²) >= 11 is 0. The Balaban J connectivity index is 1.75. The van der Waals surface area contributed by atoms with Gasteiger partial charge in [0.15, 0.2) is 23.3 Å². The first-order valence-electron chi connectivity index (χ1n) is 13.5. The minimum absolute atomic E-state index is 0.260. The molecular formula is C28H29F5N4O7. The maximum Gasteiger partial charge on any atom is 0.255 e. The van der Waals surface area contributed by atoms with Gasteiger partial charge in [-0.3, -0.25) is 19.2 Å². The molecule has 0 saturated carbocycles. The van der Waals surface area contributed by atoms with Crippen LogP contribution in [0.25, 0.3) is 0 Å². The van der Waals surface area contributed by atoms with Crippen LogP contribution in [0.5, 0.6) is 5.75 Å². The molecular weight excluding hydrogens is 599 g/mol. The monoisotopic (exact) mass is 628 g/mol. The topological polar surface area (TPSA) is 166 Å². The average molecular weight is 629 g/mol. The number of carbonyl (C=O) groups is 4. The summed E-state index contributed by atoms with van der Waals surface area (Å²) in [5.41, 5.74) is -1.63. The molecule has 2 aromatic carbocycles. The van der Waals surface area contributed by atoms with Crippen molar-refractivity contribution in [3.63, 3.8) is 0 Å². The fourth-order valence-corrected chi connectivity index (χ4v) is 4.91. The van der Waals surface area contributed by atoms with Gasteiger partial charge in [0.1, 0.15) is 17.8 Å². The van der Waals surface area contributed by atoms with Gasteiger partial charge in [0, 0.05) is 18.6 Å². The second kappa shape index (κ2) is 13.1. The van der Waals surface area contributed by atoms with E-state index in [0.29, 0.717) is 6.42 Å². The van der Waals surface area contributed by atoms with Crippen LogP contribution < -0.4 is 21.3 Å². The Labute approximate surface area is 247 Å². The largest absolute Gasteiger partial charge is 0.507 e. The standard InChI is InChI=1S/C28H29F5N4O7/c1-10-24(39)14(9-13-17(29)19(31)21(33)20(32)18(13)30)35-27(42)22(36-26(41)12-5-3-4-6-15(12)38)11(2)34-28(43)23(37-25(10)40)16-7-8-44-16/h3-6,10-11,14,16,22-24,38-39H,7-9H2,1-2H3,(H,34,43)(H,35,42)(H,36,41)(H,37,40)/t10-,11-,14+,16?,22+,23?,24+/m1/s1. The van der Waals surface area contributed by atoms with E-state index in [2.05, 4.69) is 21.3 Å². The lowest BCUT2D eigenvalue weighted by atomic mass is 9.90. The molecule has 0 aromatic heterocycles. The molecule has 6 N–H and O–H groups in total. The maximum atomic E-state index is 14.6. The molecule has 0 radical (unpaired) electrons. The van der Waals surface area contributed by atoms with Crippen molar-refractivity contribution >= 4 is 23.6 Å². The average Bonchev–Trinajstić information content (AvgIpc) is 2.96. The molecule has 11 nitrogen and oxygen atoms in total. The van der Waals surface area contributed by atoms with Gasteiger partial charge in [0.05, 0.1) is 35.8 Å². The second-order valence-electron chi connectivity index (χ2n) is 10.6. The quantitative estimate of drug-likeness (QED) is 0.161. The molecule has 2 fully saturated rings. The summed E-state index contributed by atoms with van der Waals surface area (Å²) in [7, 11) is 0. The predicted molar refractivity (Wildman–Crippen MR) is 140 cm³/mol. The van der Waals surface area contributed by atoms with Gasteiger partial charge in [-0.25, -0.2) is 22.0 Å². The Morgan fingerprint density at radius 2 is 1.50 bits per heavy atom. The summed E-state index contributed by atoms with van der Waals surface area (Å²) in [6, 6.07) is -0.846. The molecule has 0 spiro atoms. The summed E-state index contributed by atoms with van der Waals surface area (Å²) in [5, 5.41) is 30.7. The Hall–Kier alpha value is -4.31. The molecule has 2 aliphatic heterocycles. The highest BCUT2D eigenvalue weighted by atomic mass is 19.2. The van der Waals surface area contributed by atoms with Crippen LogP contribution in [0.1, 0.15) is 36.2 Å². The number of nitrogens with one attached hydrogen (secondary N) is 4. The van der Waals surface area contributed by atoms with Gasteiger partial charge in [0.25, 0.3) is 5.91 Å². The maximum absolute atomic E-state index is 14.6. The molecule has 0 aliphatic carbocycles. The third-order valence-electron chi connectivity index (χ3n) is 7.66. The number of phenolic OH excluding ortho intramolecular Hbond substituents is 1. The molecule has 2 unspecified atom stereocenters. The molecule has 4 amide bonds. The number of hydrogen-bond donors (Lipinski definition) is 6. The van der Waals surface area contributed by atoms with Crippen LogP contribution in [-0.4, -0.2) is 76.8 Å². The minimum atomic E-state index is -2.42. The van der Waals surface area contributed by atoms with Crippen molar-refractivity contribution in [2.45, 2.75) is 63.1 Å². The number of halogens is 5. The molecule has 0 bridgehead atoms. The molecule has 238 valence electrons. The Morgan fingerprint density at radius 1 is 0.909 bits per heavy atom. The van der Waals surface area contributed by atoms with E-state index in [1.54, 1.807) is 0 Å². The number of ether oxygens (including phenoxy) is 1. The first kappa shape index (κ1) is 32.6. The van der Waals surface area contributed by atoms with E-state index in [1.165, 1.54) is 31.2 Å². The summed E-state index contributed by atoms with van der Waals surface area (Å²) in [4.78, 5) is 52.9. The zero-order chi connectivity index (χ0) is 32.5. The lowest BCUT2D eigenvalue weighted by molar-refractivity contribution is -0.144. The van der Waals surface area contributed by atoms with Crippen LogP contribution in [0.2, 0.25) is 0 Å². The number of benzene rings is 2. The normalized spacial score (nSPS) is 28.0. The number of para-hydroxylation sites is 1. The number of carbonyl (C=O) groups excluding carboxylic acids is 4. The van der Waals surface area contributed by atoms with Crippen LogP contribution in [0.3, 0.4) is 0 Å². The number of hydrogen-bond acceptors (Lipinski definition) is 7. The van der Waals surface area contributed by atoms with Crippen molar-refractivity contribution in [3.8, 4) is 5.75 Å². The van der Waals surface area contributed by atoms with Crippen molar-refractivity contribution in [1.82, 2.24) is 21.3 Å². The molecule has 2 aliphatic rings. The van der Waals surface area contributed by atoms with E-state index in [0.717, 1.165) is 6.92 Å². The highest BCUT2D eigenvalue weighted by Crippen LogP contribution is 2.26. The second-order valence-corrected chi connectivity index (χ2v) is 10.6. The van der Waals surface area contributed by atoms with E-state index in [9.17, 15) is 51.3 Å². The lowest BCUT2D eigenvalue weighted by Gasteiger charge is -2.37. The van der Waals surface area contributed by atoms with E-state index in [-0.39, 0.29) is 12.2 Å². The SMILES string of the molecule is C[C@H]1NC(=O)C(C2CCO2)NC(=O)[C@H](C)[C@H](O)[C@H](Cc2c(F)c(F)c(F)c(F)c2F)NC(=O)[C@H]1NC(=O)c1ccccc1O. The van der Waals surface area contributed by atoms with Gasteiger partial charge in [-0.2, -0.15) is 0 Å². The van der Waals surface area contributed by atoms with Gasteiger partial charge < -0.3 is 36.2 Å². The first-order valence-corrected chi connectivity index (χ1v) is 13.5. The molecule has 2 heterocycles. The predicted octanol–water partition coefficient (Wildman–Crippen LogP) is 0.703. The van der Waals surface area contributed by atoms with E-state index < -0.39 is 113 Å². The van der Waals surface area contributed by atoms with Crippen molar-refractivity contribution in [1.29, 1.82) is 0 Å². The van der Waals surface area contributed by atoms with Crippen molar-refractivity contribution in [3.05, 3.63) is 64.5 Å². The van der Waals surface area contributed by atoms with Crippen LogP contribution in [0, 0.1) is 35.0 Å². The van der Waals surface area contributed by atoms with Crippen LogP contribution in [-0.2, 0) is 25.5 Å². The summed E-state index contributed by atoms with van der Waals surface area (Å²) in [6.45, 7) is 2.74. The lowest BCUT2D eigenvalue weighted by Crippen LogP contribution is -2.66. The van der Waals surface area contributed by atoms with Gasteiger partial charge in [-0.05, 0) is 25.5 Å². The number of rotatable bonds is 5. The third kappa shape index (κ3) is 6.45. The van der Waals surface area contributed by atoms with Crippen molar-refractivity contribution in [2.24, 2.45) is 5.92 Å². The van der Waals surface area contributed by atoms with Crippen LogP contribution in [0.4, 0.5) is 22.0 Å². The summed E-state index contributed by atoms with van der Waals surface area (Å²) in [6.07, 6.45) is -3.61. The Kier molecular flexibility index (Phi) is 9.73. The molecule has 2 saturated heterocycles. The van der Waals surface area contributed by atoms with E-state index >= 15 is 0 Å². The Morgan fingerprint density at radius 3 is 2.07 bits per heavy atom. The number of amides is 4. The molecule has 2 aromatic rings. The fraction of sp³-hybridized carbons (Fsp3) is 0.429. The third-order valence-corrected chi connectivity index (χ3v) is 7.66. The smallest absolute Gasteiger partial charge is 0.255 e. The van der Waals surface area contributed by atoms with Gasteiger partial charge in [-0.15, -0.1) is 0 Å². The summed E-state index contributed by atoms with van der Waals surface area (Å²) < 4.78 is 76.3. The van der Waals surface area contributed by atoms with Crippen molar-refractivity contribution < 1.29 is 56.1 Å². The molecule has 7 atom stereocenters. The van der Waals surface area contributed by atoms with Gasteiger partial charge >= 0.3 is 0 Å². The zero-order valence-corrected chi connectivity index (χ0v) is 23.3. The van der Waals surface area contributed by atoms with Gasteiger partial charge in [0.2, 0.25) is 23.5 Å². The number of aromatic hydroxyl groups is 1. The van der Waals surface area contributed by atoms with E-state index in [1.807, 2.05) is 0 Å². The number of aliphatic hydroxyl groups excluding tert-OH is 1. The van der Waals surface area contributed by atoms with Crippen LogP contribution >= 0.6 is 0 Å². The van der Waals surface area contributed by atoms with Crippen molar-refractivity contribution in [2.75, 3.05) is 6.61 Å². The molecule has 16 heteroatoms. The zero-order valence-electron chi connectivity index (χ0n) is 23.3. The van der Waals surface area contributed by atoms with Crippen LogP contribution in [0.15, 0.2) is 24.3 Å². The minimum Gasteiger partial charge on any atom is -0.507 e. The highest BCUT2D eigenvalue weighted by Gasteiger charge is 2.42. The van der Waals surface area contributed by atoms with E-state index in [4.69, 9.17) is 4.74 Å². The first-order chi connectivity index (χ1) is 20.7. The Bertz CT molecular complexity index is 1450. The highest BCUT2D eigenvalue weighted by molar-refractivity contribution is 6.00. The fourth-order valence-electron chi connectivity index (χ4n) is 4.91. The van der Waals surface area contributed by atoms with Gasteiger partial charge in [-0.1, -0.05) is 19.1 Å². The molecule has 4 rings (SSSR count).